The van der Waals surface area contributed by atoms with E-state index in [9.17, 15) is 19.2 Å². The van der Waals surface area contributed by atoms with Crippen LogP contribution in [0.1, 0.15) is 36.3 Å². The SMILES string of the molecule is CC(C)C[C@H](NC(=O)[C@H](Cc1ccccc1)NC(=O)c1cnccn1)[B-]12OC(=O)C[O+]1CC(=O)O2. The lowest BCUT2D eigenvalue weighted by Gasteiger charge is -2.37. The maximum absolute atomic E-state index is 13.6. The average molecular weight is 482 g/mol. The van der Waals surface area contributed by atoms with Gasteiger partial charge in [-0.15, -0.1) is 0 Å². The standard InChI is InChI=1S/C23H27BN4O7/c1-15(2)10-19(24-33-20(29)13-35(24)14-21(30)34-24)28-22(31)17(11-16-6-4-3-5-7-16)27-23(32)18-12-25-8-9-26-18/h3-9,12,15,17,19H,10-11,13-14H2,1-2H3,(H,27,32)(H,28,31)/t17-,19-/m0/s1. The molecule has 12 heteroatoms. The van der Waals surface area contributed by atoms with Crippen molar-refractivity contribution in [2.75, 3.05) is 13.2 Å². The summed E-state index contributed by atoms with van der Waals surface area (Å²) in [4.78, 5) is 58.4. The zero-order valence-electron chi connectivity index (χ0n) is 19.5. The summed E-state index contributed by atoms with van der Waals surface area (Å²) in [5, 5.41) is 5.62. The third-order valence-corrected chi connectivity index (χ3v) is 5.91. The number of nitrogens with zero attached hydrogens (tertiary/aromatic N) is 2. The third kappa shape index (κ3) is 5.48. The molecule has 11 nitrogen and oxygen atoms in total. The van der Waals surface area contributed by atoms with Gasteiger partial charge in [0.2, 0.25) is 5.91 Å². The molecule has 2 amide bonds. The lowest BCUT2D eigenvalue weighted by atomic mass is 9.65. The van der Waals surface area contributed by atoms with Crippen molar-refractivity contribution in [2.24, 2.45) is 5.92 Å². The molecule has 0 aliphatic carbocycles. The minimum absolute atomic E-state index is 0.0658. The van der Waals surface area contributed by atoms with Crippen LogP contribution in [0.2, 0.25) is 0 Å². The first-order valence-electron chi connectivity index (χ1n) is 11.4. The number of carbonyl (C=O) groups is 4. The number of aromatic nitrogens is 2. The summed E-state index contributed by atoms with van der Waals surface area (Å²) in [5.41, 5.74) is 0.892. The second-order valence-electron chi connectivity index (χ2n) is 9.05. The van der Waals surface area contributed by atoms with Gasteiger partial charge in [0.05, 0.1) is 12.1 Å². The van der Waals surface area contributed by atoms with E-state index in [1.165, 1.54) is 18.6 Å². The monoisotopic (exact) mass is 482 g/mol. The van der Waals surface area contributed by atoms with Crippen LogP contribution in [0.4, 0.5) is 0 Å². The Kier molecular flexibility index (Phi) is 7.11. The first kappa shape index (κ1) is 24.3. The second kappa shape index (κ2) is 10.2. The van der Waals surface area contributed by atoms with Gasteiger partial charge in [-0.25, -0.2) is 14.6 Å². The molecule has 0 bridgehead atoms. The summed E-state index contributed by atoms with van der Waals surface area (Å²) < 4.78 is 13.5. The number of benzene rings is 1. The van der Waals surface area contributed by atoms with E-state index >= 15 is 0 Å². The number of hydrogen-bond donors (Lipinski definition) is 2. The Hall–Kier alpha value is -3.80. The molecular weight excluding hydrogens is 455 g/mol. The van der Waals surface area contributed by atoms with Crippen molar-refractivity contribution in [1.29, 1.82) is 0 Å². The average Bonchev–Trinajstić information content (AvgIpc) is 3.30. The van der Waals surface area contributed by atoms with Crippen LogP contribution in [-0.2, 0) is 34.4 Å². The van der Waals surface area contributed by atoms with Crippen molar-refractivity contribution in [2.45, 2.75) is 38.7 Å². The van der Waals surface area contributed by atoms with Gasteiger partial charge in [-0.3, -0.25) is 14.6 Å². The highest BCUT2D eigenvalue weighted by Crippen LogP contribution is 2.35. The van der Waals surface area contributed by atoms with Crippen LogP contribution < -0.4 is 10.6 Å². The molecule has 4 rings (SSSR count). The van der Waals surface area contributed by atoms with Crippen LogP contribution >= 0.6 is 0 Å². The van der Waals surface area contributed by atoms with E-state index in [0.717, 1.165) is 5.56 Å². The van der Waals surface area contributed by atoms with Crippen LogP contribution in [-0.4, -0.2) is 65.7 Å². The summed E-state index contributed by atoms with van der Waals surface area (Å²) in [7, 11) is 0. The number of rotatable bonds is 9. The second-order valence-corrected chi connectivity index (χ2v) is 9.05. The molecule has 0 radical (unpaired) electrons. The lowest BCUT2D eigenvalue weighted by Crippen LogP contribution is -2.64. The summed E-state index contributed by atoms with van der Waals surface area (Å²) in [6, 6.07) is 8.23. The summed E-state index contributed by atoms with van der Waals surface area (Å²) >= 11 is 0. The van der Waals surface area contributed by atoms with E-state index in [2.05, 4.69) is 24.9 Å². The molecule has 0 spiro atoms. The third-order valence-electron chi connectivity index (χ3n) is 5.91. The Bertz CT molecular complexity index is 1080. The topological polar surface area (TPSA) is 139 Å². The molecule has 184 valence electrons. The minimum atomic E-state index is -2.62. The van der Waals surface area contributed by atoms with E-state index in [4.69, 9.17) is 9.31 Å². The molecule has 2 aliphatic heterocycles. The molecule has 2 aromatic rings. The molecule has 2 fully saturated rings. The maximum Gasteiger partial charge on any atom is 0.706 e. The molecule has 0 saturated carbocycles. The molecule has 1 aromatic heterocycles. The summed E-state index contributed by atoms with van der Waals surface area (Å²) in [6.45, 7) is 0.903. The maximum atomic E-state index is 13.6. The van der Waals surface area contributed by atoms with Crippen LogP contribution in [0.25, 0.3) is 0 Å². The van der Waals surface area contributed by atoms with Crippen LogP contribution in [0.15, 0.2) is 48.9 Å². The largest absolute Gasteiger partial charge is 0.706 e. The summed E-state index contributed by atoms with van der Waals surface area (Å²) in [6.07, 6.45) is 4.70. The molecule has 2 aliphatic rings. The minimum Gasteiger partial charge on any atom is -0.581 e. The van der Waals surface area contributed by atoms with Gasteiger partial charge in [0.1, 0.15) is 11.7 Å². The normalized spacial score (nSPS) is 18.4. The highest BCUT2D eigenvalue weighted by Gasteiger charge is 2.67. The molecule has 1 aromatic carbocycles. The van der Waals surface area contributed by atoms with Gasteiger partial charge in [-0.2, -0.15) is 0 Å². The molecule has 2 atom stereocenters. The van der Waals surface area contributed by atoms with Gasteiger partial charge in [0.25, 0.3) is 5.91 Å². The van der Waals surface area contributed by atoms with E-state index in [1.807, 2.05) is 44.2 Å². The number of nitrogens with one attached hydrogen (secondary N) is 2. The fraction of sp³-hybridized carbons (Fsp3) is 0.391. The van der Waals surface area contributed by atoms with Gasteiger partial charge >= 0.3 is 18.7 Å². The van der Waals surface area contributed by atoms with E-state index in [1.54, 1.807) is 0 Å². The van der Waals surface area contributed by atoms with Gasteiger partial charge in [0, 0.05) is 18.8 Å². The van der Waals surface area contributed by atoms with Crippen molar-refractivity contribution in [3.05, 3.63) is 60.2 Å². The smallest absolute Gasteiger partial charge is 0.581 e. The number of carbonyl (C=O) groups excluding carboxylic acids is 4. The quantitative estimate of drug-likeness (QED) is 0.389. The van der Waals surface area contributed by atoms with Crippen molar-refractivity contribution < 1.29 is 32.8 Å². The predicted molar refractivity (Wildman–Crippen MR) is 124 cm³/mol. The Balaban J connectivity index is 1.59. The number of hydrogen-bond acceptors (Lipinski definition) is 8. The van der Waals surface area contributed by atoms with Crippen LogP contribution in [0.3, 0.4) is 0 Å². The molecule has 0 unspecified atom stereocenters. The Morgan fingerprint density at radius 2 is 1.74 bits per heavy atom. The Labute approximate surface area is 202 Å². The first-order valence-corrected chi connectivity index (χ1v) is 11.4. The van der Waals surface area contributed by atoms with Crippen molar-refractivity contribution in [1.82, 2.24) is 20.6 Å². The molecule has 35 heavy (non-hydrogen) atoms. The van der Waals surface area contributed by atoms with Crippen LogP contribution in [0.5, 0.6) is 0 Å². The number of amides is 2. The molecule has 2 N–H and O–H groups in total. The molecule has 3 heterocycles. The fourth-order valence-corrected chi connectivity index (χ4v) is 4.40. The van der Waals surface area contributed by atoms with E-state index < -0.39 is 42.5 Å². The van der Waals surface area contributed by atoms with Crippen molar-refractivity contribution >= 4 is 30.5 Å². The van der Waals surface area contributed by atoms with Crippen molar-refractivity contribution in [3.63, 3.8) is 0 Å². The number of fused-ring (bicyclic) bond motifs is 1. The first-order chi connectivity index (χ1) is 16.8. The highest BCUT2D eigenvalue weighted by atomic mass is 16.9. The lowest BCUT2D eigenvalue weighted by molar-refractivity contribution is -0.141. The zero-order chi connectivity index (χ0) is 25.0. The van der Waals surface area contributed by atoms with Crippen molar-refractivity contribution in [3.8, 4) is 0 Å². The highest BCUT2D eigenvalue weighted by molar-refractivity contribution is 6.69. The van der Waals surface area contributed by atoms with Crippen LogP contribution in [0, 0.1) is 5.92 Å². The molecule has 2 saturated heterocycles. The van der Waals surface area contributed by atoms with E-state index in [-0.39, 0.29) is 31.2 Å². The fourth-order valence-electron chi connectivity index (χ4n) is 4.40. The predicted octanol–water partition coefficient (Wildman–Crippen LogP) is 0.493. The van der Waals surface area contributed by atoms with E-state index in [0.29, 0.717) is 6.42 Å². The van der Waals surface area contributed by atoms with Gasteiger partial charge in [-0.1, -0.05) is 44.2 Å². The Morgan fingerprint density at radius 3 is 2.34 bits per heavy atom. The summed E-state index contributed by atoms with van der Waals surface area (Å²) in [5.74, 6) is -2.94. The van der Waals surface area contributed by atoms with Gasteiger partial charge < -0.3 is 24.2 Å². The zero-order valence-corrected chi connectivity index (χ0v) is 19.5. The molecular formula is C23H27BN4O7. The Morgan fingerprint density at radius 1 is 1.06 bits per heavy atom. The van der Waals surface area contributed by atoms with Gasteiger partial charge in [0.15, 0.2) is 13.2 Å². The van der Waals surface area contributed by atoms with Gasteiger partial charge in [-0.05, 0) is 17.9 Å².